The highest BCUT2D eigenvalue weighted by atomic mass is 35.5. The van der Waals surface area contributed by atoms with Crippen LogP contribution in [0.15, 0.2) is 18.2 Å². The van der Waals surface area contributed by atoms with Crippen LogP contribution < -0.4 is 5.73 Å². The minimum absolute atomic E-state index is 0.145. The lowest BCUT2D eigenvalue weighted by molar-refractivity contribution is 0.276. The summed E-state index contributed by atoms with van der Waals surface area (Å²) in [6, 6.07) is 5.31. The second-order valence-electron chi connectivity index (χ2n) is 4.27. The van der Waals surface area contributed by atoms with Gasteiger partial charge in [-0.3, -0.25) is 0 Å². The molecular formula is C13H15ClN4O. The standard InChI is InChI=1S/C13H15ClN4O/c1-7-16-8(2)18-13(17-7)10(6-19)9-4-3-5-11(14)12(9)15/h3-5,10,19H,6,15H2,1-2H3. The summed E-state index contributed by atoms with van der Waals surface area (Å²) in [5, 5.41) is 10.1. The highest BCUT2D eigenvalue weighted by Crippen LogP contribution is 2.31. The predicted molar refractivity (Wildman–Crippen MR) is 74.1 cm³/mol. The first kappa shape index (κ1) is 13.7. The summed E-state index contributed by atoms with van der Waals surface area (Å²) in [4.78, 5) is 12.7. The Morgan fingerprint density at radius 1 is 1.21 bits per heavy atom. The van der Waals surface area contributed by atoms with Gasteiger partial charge in [0.1, 0.15) is 17.5 Å². The molecule has 1 aromatic carbocycles. The highest BCUT2D eigenvalue weighted by Gasteiger charge is 2.20. The lowest BCUT2D eigenvalue weighted by Crippen LogP contribution is -2.14. The molecule has 2 rings (SSSR count). The first-order chi connectivity index (χ1) is 9.02. The fraction of sp³-hybridized carbons (Fsp3) is 0.308. The van der Waals surface area contributed by atoms with Crippen molar-refractivity contribution in [2.75, 3.05) is 12.3 Å². The average molecular weight is 279 g/mol. The van der Waals surface area contributed by atoms with E-state index in [9.17, 15) is 5.11 Å². The van der Waals surface area contributed by atoms with E-state index in [-0.39, 0.29) is 6.61 Å². The molecular weight excluding hydrogens is 264 g/mol. The van der Waals surface area contributed by atoms with Crippen molar-refractivity contribution >= 4 is 17.3 Å². The van der Waals surface area contributed by atoms with Crippen molar-refractivity contribution in [1.82, 2.24) is 15.0 Å². The molecule has 0 fully saturated rings. The minimum Gasteiger partial charge on any atom is -0.397 e. The van der Waals surface area contributed by atoms with Crippen LogP contribution in [0.2, 0.25) is 5.02 Å². The molecule has 0 amide bonds. The molecule has 0 aliphatic rings. The predicted octanol–water partition coefficient (Wildman–Crippen LogP) is 1.85. The maximum absolute atomic E-state index is 9.63. The first-order valence-corrected chi connectivity index (χ1v) is 6.24. The van der Waals surface area contributed by atoms with Crippen molar-refractivity contribution in [2.45, 2.75) is 19.8 Å². The molecule has 0 bridgehead atoms. The van der Waals surface area contributed by atoms with Gasteiger partial charge in [-0.2, -0.15) is 0 Å². The Morgan fingerprint density at radius 3 is 2.42 bits per heavy atom. The van der Waals surface area contributed by atoms with Crippen LogP contribution in [0.4, 0.5) is 5.69 Å². The molecule has 1 aromatic heterocycles. The summed E-state index contributed by atoms with van der Waals surface area (Å²) in [5.41, 5.74) is 7.12. The lowest BCUT2D eigenvalue weighted by atomic mass is 9.97. The quantitative estimate of drug-likeness (QED) is 0.837. The Balaban J connectivity index is 2.53. The van der Waals surface area contributed by atoms with Crippen molar-refractivity contribution < 1.29 is 5.11 Å². The smallest absolute Gasteiger partial charge is 0.142 e. The van der Waals surface area contributed by atoms with Crippen LogP contribution >= 0.6 is 11.6 Å². The summed E-state index contributed by atoms with van der Waals surface area (Å²) in [6.45, 7) is 3.43. The fourth-order valence-corrected chi connectivity index (χ4v) is 2.16. The van der Waals surface area contributed by atoms with Crippen LogP contribution in [0.1, 0.15) is 29.0 Å². The number of anilines is 1. The molecule has 3 N–H and O–H groups in total. The van der Waals surface area contributed by atoms with Crippen molar-refractivity contribution in [3.05, 3.63) is 46.3 Å². The number of hydrogen-bond donors (Lipinski definition) is 2. The molecule has 5 nitrogen and oxygen atoms in total. The fourth-order valence-electron chi connectivity index (χ4n) is 1.97. The Labute approximate surface area is 116 Å². The molecule has 6 heteroatoms. The van der Waals surface area contributed by atoms with E-state index in [1.165, 1.54) is 0 Å². The zero-order valence-corrected chi connectivity index (χ0v) is 11.5. The van der Waals surface area contributed by atoms with Crippen LogP contribution in [0.25, 0.3) is 0 Å². The van der Waals surface area contributed by atoms with Gasteiger partial charge in [-0.1, -0.05) is 23.7 Å². The third-order valence-electron chi connectivity index (χ3n) is 2.83. The Bertz CT molecular complexity index is 583. The number of benzene rings is 1. The summed E-state index contributed by atoms with van der Waals surface area (Å²) in [5.74, 6) is 1.32. The number of aliphatic hydroxyl groups excluding tert-OH is 1. The maximum Gasteiger partial charge on any atom is 0.142 e. The van der Waals surface area contributed by atoms with Crippen molar-refractivity contribution in [3.8, 4) is 0 Å². The highest BCUT2D eigenvalue weighted by molar-refractivity contribution is 6.33. The molecule has 0 aliphatic carbocycles. The first-order valence-electron chi connectivity index (χ1n) is 5.87. The van der Waals surface area contributed by atoms with Gasteiger partial charge in [0.25, 0.3) is 0 Å². The molecule has 0 spiro atoms. The topological polar surface area (TPSA) is 84.9 Å². The van der Waals surface area contributed by atoms with E-state index >= 15 is 0 Å². The number of rotatable bonds is 3. The number of nitrogens with zero attached hydrogens (tertiary/aromatic N) is 3. The summed E-state index contributed by atoms with van der Waals surface area (Å²) >= 11 is 6.01. The molecule has 100 valence electrons. The van der Waals surface area contributed by atoms with Crippen LogP contribution in [-0.4, -0.2) is 26.7 Å². The van der Waals surface area contributed by atoms with Gasteiger partial charge < -0.3 is 10.8 Å². The van der Waals surface area contributed by atoms with Crippen LogP contribution in [-0.2, 0) is 0 Å². The zero-order chi connectivity index (χ0) is 14.0. The normalized spacial score (nSPS) is 12.4. The third-order valence-corrected chi connectivity index (χ3v) is 3.16. The largest absolute Gasteiger partial charge is 0.397 e. The number of para-hydroxylation sites is 1. The van der Waals surface area contributed by atoms with Crippen LogP contribution in [0, 0.1) is 13.8 Å². The number of nitrogen functional groups attached to an aromatic ring is 1. The molecule has 0 saturated heterocycles. The van der Waals surface area contributed by atoms with Gasteiger partial charge >= 0.3 is 0 Å². The monoisotopic (exact) mass is 278 g/mol. The molecule has 2 aromatic rings. The van der Waals surface area contributed by atoms with Gasteiger partial charge in [0.15, 0.2) is 0 Å². The molecule has 0 aliphatic heterocycles. The third kappa shape index (κ3) is 2.83. The number of aryl methyl sites for hydroxylation is 2. The van der Waals surface area contributed by atoms with E-state index in [4.69, 9.17) is 17.3 Å². The Hall–Kier alpha value is -1.72. The molecule has 19 heavy (non-hydrogen) atoms. The van der Waals surface area contributed by atoms with E-state index in [1.807, 2.05) is 6.07 Å². The van der Waals surface area contributed by atoms with E-state index in [0.29, 0.717) is 28.2 Å². The van der Waals surface area contributed by atoms with Gasteiger partial charge in [-0.05, 0) is 25.5 Å². The van der Waals surface area contributed by atoms with E-state index < -0.39 is 5.92 Å². The van der Waals surface area contributed by atoms with Gasteiger partial charge in [0.2, 0.25) is 0 Å². The molecule has 1 atom stereocenters. The van der Waals surface area contributed by atoms with Gasteiger partial charge in [-0.15, -0.1) is 0 Å². The molecule has 0 saturated carbocycles. The zero-order valence-electron chi connectivity index (χ0n) is 10.8. The average Bonchev–Trinajstić information content (AvgIpc) is 2.34. The van der Waals surface area contributed by atoms with Crippen molar-refractivity contribution in [3.63, 3.8) is 0 Å². The van der Waals surface area contributed by atoms with Crippen molar-refractivity contribution in [1.29, 1.82) is 0 Å². The SMILES string of the molecule is Cc1nc(C)nc(C(CO)c2cccc(Cl)c2N)n1. The summed E-state index contributed by atoms with van der Waals surface area (Å²) in [6.07, 6.45) is 0. The Morgan fingerprint density at radius 2 is 1.84 bits per heavy atom. The number of hydrogen-bond acceptors (Lipinski definition) is 5. The summed E-state index contributed by atoms with van der Waals surface area (Å²) in [7, 11) is 0. The maximum atomic E-state index is 9.63. The van der Waals surface area contributed by atoms with E-state index in [2.05, 4.69) is 15.0 Å². The van der Waals surface area contributed by atoms with E-state index in [1.54, 1.807) is 26.0 Å². The van der Waals surface area contributed by atoms with E-state index in [0.717, 1.165) is 5.56 Å². The van der Waals surface area contributed by atoms with Crippen molar-refractivity contribution in [2.24, 2.45) is 0 Å². The number of halogens is 1. The molecule has 1 unspecified atom stereocenters. The van der Waals surface area contributed by atoms with Crippen LogP contribution in [0.5, 0.6) is 0 Å². The lowest BCUT2D eigenvalue weighted by Gasteiger charge is -2.16. The number of nitrogens with two attached hydrogens (primary N) is 1. The molecule has 0 radical (unpaired) electrons. The molecule has 1 heterocycles. The van der Waals surface area contributed by atoms with Gasteiger partial charge in [0.05, 0.1) is 23.2 Å². The second-order valence-corrected chi connectivity index (χ2v) is 4.67. The number of aromatic nitrogens is 3. The Kier molecular flexibility index (Phi) is 3.97. The van der Waals surface area contributed by atoms with Crippen LogP contribution in [0.3, 0.4) is 0 Å². The number of aliphatic hydroxyl groups is 1. The second kappa shape index (κ2) is 5.50. The van der Waals surface area contributed by atoms with Gasteiger partial charge in [0, 0.05) is 0 Å². The minimum atomic E-state index is -0.404. The van der Waals surface area contributed by atoms with Gasteiger partial charge in [-0.25, -0.2) is 15.0 Å². The summed E-state index contributed by atoms with van der Waals surface area (Å²) < 4.78 is 0.